The second kappa shape index (κ2) is 6.47. The van der Waals surface area contributed by atoms with Gasteiger partial charge in [0.05, 0.1) is 24.3 Å². The predicted octanol–water partition coefficient (Wildman–Crippen LogP) is 1.00. The Morgan fingerprint density at radius 3 is 3.04 bits per heavy atom. The Labute approximate surface area is 137 Å². The van der Waals surface area contributed by atoms with Crippen molar-refractivity contribution in [1.82, 2.24) is 15.5 Å². The second-order valence-electron chi connectivity index (χ2n) is 7.47. The number of piperidine rings is 1. The van der Waals surface area contributed by atoms with Gasteiger partial charge in [-0.3, -0.25) is 9.98 Å². The standard InChI is InChI=1S/C16H27N5O2/c1-16(2,3)23-15(22)21-7-5-11(9-21)20-14-12-8-17-6-4-13(12)18-10-19-14/h10-13,17H,4-9H2,1-3H3,(H,18,19,20)/t11-,12?,13?/m0/s1. The SMILES string of the molecule is CC(C)(C)OC(=O)N1CC[C@H](N=C2NC=NC3CCNCC23)C1. The lowest BCUT2D eigenvalue weighted by atomic mass is 9.91. The third-order valence-corrected chi connectivity index (χ3v) is 4.41. The van der Waals surface area contributed by atoms with Crippen molar-refractivity contribution in [2.24, 2.45) is 15.9 Å². The molecule has 23 heavy (non-hydrogen) atoms. The number of amides is 1. The first kappa shape index (κ1) is 16.2. The zero-order valence-corrected chi connectivity index (χ0v) is 14.2. The number of hydrogen-bond donors (Lipinski definition) is 2. The molecule has 0 aliphatic carbocycles. The molecule has 0 aromatic rings. The van der Waals surface area contributed by atoms with Crippen LogP contribution in [-0.2, 0) is 4.74 Å². The first-order valence-corrected chi connectivity index (χ1v) is 8.47. The van der Waals surface area contributed by atoms with E-state index in [-0.39, 0.29) is 12.1 Å². The molecule has 0 spiro atoms. The number of hydrogen-bond acceptors (Lipinski definition) is 5. The Morgan fingerprint density at radius 2 is 2.26 bits per heavy atom. The van der Waals surface area contributed by atoms with Crippen LogP contribution in [0.4, 0.5) is 4.79 Å². The highest BCUT2D eigenvalue weighted by molar-refractivity contribution is 5.96. The van der Waals surface area contributed by atoms with Crippen LogP contribution in [0.2, 0.25) is 0 Å². The fourth-order valence-electron chi connectivity index (χ4n) is 3.28. The van der Waals surface area contributed by atoms with Crippen LogP contribution >= 0.6 is 0 Å². The molecular formula is C16H27N5O2. The molecule has 2 saturated heterocycles. The number of nitrogens with one attached hydrogen (secondary N) is 2. The number of rotatable bonds is 1. The molecule has 7 nitrogen and oxygen atoms in total. The van der Waals surface area contributed by atoms with Gasteiger partial charge in [0.2, 0.25) is 0 Å². The third kappa shape index (κ3) is 4.02. The minimum Gasteiger partial charge on any atom is -0.444 e. The van der Waals surface area contributed by atoms with Gasteiger partial charge in [0, 0.05) is 19.6 Å². The Hall–Kier alpha value is -1.63. The molecule has 0 saturated carbocycles. The molecule has 128 valence electrons. The largest absolute Gasteiger partial charge is 0.444 e. The molecule has 2 unspecified atom stereocenters. The average molecular weight is 321 g/mol. The number of carbonyl (C=O) groups excluding carboxylic acids is 1. The predicted molar refractivity (Wildman–Crippen MR) is 90.0 cm³/mol. The molecule has 0 radical (unpaired) electrons. The van der Waals surface area contributed by atoms with E-state index in [0.717, 1.165) is 31.8 Å². The summed E-state index contributed by atoms with van der Waals surface area (Å²) in [6.07, 6.45) is 3.46. The van der Waals surface area contributed by atoms with E-state index in [2.05, 4.69) is 15.6 Å². The van der Waals surface area contributed by atoms with Crippen molar-refractivity contribution in [3.63, 3.8) is 0 Å². The van der Waals surface area contributed by atoms with Crippen LogP contribution in [0.25, 0.3) is 0 Å². The van der Waals surface area contributed by atoms with Crippen molar-refractivity contribution in [2.45, 2.75) is 51.3 Å². The normalized spacial score (nSPS) is 32.6. The van der Waals surface area contributed by atoms with E-state index in [9.17, 15) is 4.79 Å². The van der Waals surface area contributed by atoms with Gasteiger partial charge in [-0.2, -0.15) is 0 Å². The van der Waals surface area contributed by atoms with E-state index in [1.165, 1.54) is 0 Å². The van der Waals surface area contributed by atoms with Gasteiger partial charge in [0.1, 0.15) is 11.4 Å². The van der Waals surface area contributed by atoms with Gasteiger partial charge in [-0.15, -0.1) is 0 Å². The van der Waals surface area contributed by atoms with Gasteiger partial charge in [-0.25, -0.2) is 4.79 Å². The molecule has 3 atom stereocenters. The summed E-state index contributed by atoms with van der Waals surface area (Å²) in [6, 6.07) is 0.471. The first-order chi connectivity index (χ1) is 10.9. The van der Waals surface area contributed by atoms with Gasteiger partial charge in [0.25, 0.3) is 0 Å². The van der Waals surface area contributed by atoms with Crippen LogP contribution < -0.4 is 10.6 Å². The Kier molecular flexibility index (Phi) is 4.57. The van der Waals surface area contributed by atoms with Gasteiger partial charge in [0.15, 0.2) is 0 Å². The molecule has 3 aliphatic heterocycles. The summed E-state index contributed by atoms with van der Waals surface area (Å²) in [5.41, 5.74) is -0.455. The van der Waals surface area contributed by atoms with E-state index in [1.54, 1.807) is 11.2 Å². The fourth-order valence-corrected chi connectivity index (χ4v) is 3.28. The van der Waals surface area contributed by atoms with E-state index in [1.807, 2.05) is 20.8 Å². The quantitative estimate of drug-likeness (QED) is 0.755. The molecule has 7 heteroatoms. The van der Waals surface area contributed by atoms with Crippen molar-refractivity contribution < 1.29 is 9.53 Å². The highest BCUT2D eigenvalue weighted by Gasteiger charge is 2.34. The Balaban J connectivity index is 1.61. The van der Waals surface area contributed by atoms with E-state index >= 15 is 0 Å². The fraction of sp³-hybridized carbons (Fsp3) is 0.812. The lowest BCUT2D eigenvalue weighted by molar-refractivity contribution is 0.0293. The number of fused-ring (bicyclic) bond motifs is 1. The zero-order valence-electron chi connectivity index (χ0n) is 14.2. The summed E-state index contributed by atoms with van der Waals surface area (Å²) in [4.78, 5) is 23.3. The number of amidine groups is 1. The van der Waals surface area contributed by atoms with Crippen molar-refractivity contribution in [2.75, 3.05) is 26.2 Å². The van der Waals surface area contributed by atoms with Gasteiger partial charge >= 0.3 is 6.09 Å². The molecule has 0 bridgehead atoms. The topological polar surface area (TPSA) is 78.3 Å². The minimum absolute atomic E-state index is 0.138. The molecule has 2 N–H and O–H groups in total. The summed E-state index contributed by atoms with van der Waals surface area (Å²) in [7, 11) is 0. The van der Waals surface area contributed by atoms with Crippen molar-refractivity contribution in [3.05, 3.63) is 0 Å². The van der Waals surface area contributed by atoms with Gasteiger partial charge in [-0.05, 0) is 40.2 Å². The van der Waals surface area contributed by atoms with Crippen LogP contribution in [-0.4, -0.2) is 67.0 Å². The van der Waals surface area contributed by atoms with Crippen molar-refractivity contribution in [3.8, 4) is 0 Å². The van der Waals surface area contributed by atoms with Gasteiger partial charge in [-0.1, -0.05) is 0 Å². The molecule has 1 amide bonds. The average Bonchev–Trinajstić information content (AvgIpc) is 2.95. The third-order valence-electron chi connectivity index (χ3n) is 4.41. The smallest absolute Gasteiger partial charge is 0.410 e. The van der Waals surface area contributed by atoms with E-state index in [0.29, 0.717) is 25.0 Å². The Morgan fingerprint density at radius 1 is 1.43 bits per heavy atom. The lowest BCUT2D eigenvalue weighted by Crippen LogP contribution is -2.50. The summed E-state index contributed by atoms with van der Waals surface area (Å²) >= 11 is 0. The minimum atomic E-state index is -0.455. The van der Waals surface area contributed by atoms with E-state index in [4.69, 9.17) is 9.73 Å². The zero-order chi connectivity index (χ0) is 16.4. The van der Waals surface area contributed by atoms with Crippen molar-refractivity contribution in [1.29, 1.82) is 0 Å². The number of aliphatic imine (C=N–C) groups is 2. The monoisotopic (exact) mass is 321 g/mol. The van der Waals surface area contributed by atoms with Crippen LogP contribution in [0.1, 0.15) is 33.6 Å². The number of ether oxygens (including phenoxy) is 1. The highest BCUT2D eigenvalue weighted by atomic mass is 16.6. The number of carbonyl (C=O) groups is 1. The molecule has 2 fully saturated rings. The second-order valence-corrected chi connectivity index (χ2v) is 7.47. The maximum absolute atomic E-state index is 12.1. The summed E-state index contributed by atoms with van der Waals surface area (Å²) in [6.45, 7) is 8.93. The highest BCUT2D eigenvalue weighted by Crippen LogP contribution is 2.21. The molecule has 0 aromatic heterocycles. The maximum Gasteiger partial charge on any atom is 0.410 e. The summed E-state index contributed by atoms with van der Waals surface area (Å²) in [5.74, 6) is 1.33. The van der Waals surface area contributed by atoms with Crippen LogP contribution in [0.5, 0.6) is 0 Å². The van der Waals surface area contributed by atoms with E-state index < -0.39 is 5.60 Å². The molecule has 3 aliphatic rings. The van der Waals surface area contributed by atoms with Crippen LogP contribution in [0.15, 0.2) is 9.98 Å². The lowest BCUT2D eigenvalue weighted by Gasteiger charge is -2.33. The number of likely N-dealkylation sites (tertiary alicyclic amines) is 1. The molecular weight excluding hydrogens is 294 g/mol. The van der Waals surface area contributed by atoms with Crippen LogP contribution in [0, 0.1) is 5.92 Å². The first-order valence-electron chi connectivity index (χ1n) is 8.47. The molecule has 0 aromatic carbocycles. The summed E-state index contributed by atoms with van der Waals surface area (Å²) in [5, 5.41) is 6.62. The molecule has 3 rings (SSSR count). The maximum atomic E-state index is 12.1. The molecule has 3 heterocycles. The van der Waals surface area contributed by atoms with Crippen LogP contribution in [0.3, 0.4) is 0 Å². The summed E-state index contributed by atoms with van der Waals surface area (Å²) < 4.78 is 5.44. The number of nitrogens with zero attached hydrogens (tertiary/aromatic N) is 3. The van der Waals surface area contributed by atoms with Crippen molar-refractivity contribution >= 4 is 18.3 Å². The Bertz CT molecular complexity index is 511. The van der Waals surface area contributed by atoms with Gasteiger partial charge < -0.3 is 20.3 Å².